The minimum Gasteiger partial charge on any atom is -0.493 e. The van der Waals surface area contributed by atoms with E-state index in [-0.39, 0.29) is 11.7 Å². The number of carbonyl (C=O) groups is 1. The second kappa shape index (κ2) is 10.9. The van der Waals surface area contributed by atoms with Gasteiger partial charge < -0.3 is 19.5 Å². The van der Waals surface area contributed by atoms with Crippen molar-refractivity contribution in [2.24, 2.45) is 0 Å². The summed E-state index contributed by atoms with van der Waals surface area (Å²) in [7, 11) is 4.65. The molecule has 168 valence electrons. The Labute approximate surface area is 195 Å². The summed E-state index contributed by atoms with van der Waals surface area (Å²) >= 11 is 7.16. The van der Waals surface area contributed by atoms with E-state index in [2.05, 4.69) is 22.1 Å². The first kappa shape index (κ1) is 23.5. The molecule has 0 radical (unpaired) electrons. The number of aromatic nitrogens is 3. The minimum atomic E-state index is -0.167. The van der Waals surface area contributed by atoms with Crippen LogP contribution in [0.5, 0.6) is 17.2 Å². The number of carbonyl (C=O) groups excluding carboxylic acids is 1. The Morgan fingerprint density at radius 3 is 2.34 bits per heavy atom. The van der Waals surface area contributed by atoms with Crippen molar-refractivity contribution >= 4 is 35.0 Å². The van der Waals surface area contributed by atoms with E-state index in [1.807, 2.05) is 4.57 Å². The van der Waals surface area contributed by atoms with Gasteiger partial charge in [-0.3, -0.25) is 9.36 Å². The summed E-state index contributed by atoms with van der Waals surface area (Å²) in [5, 5.41) is 12.6. The van der Waals surface area contributed by atoms with Crippen LogP contribution in [-0.4, -0.2) is 47.8 Å². The number of nitrogens with one attached hydrogen (secondary N) is 1. The molecule has 1 heterocycles. The van der Waals surface area contributed by atoms with Gasteiger partial charge in [0.05, 0.1) is 27.1 Å². The van der Waals surface area contributed by atoms with Gasteiger partial charge in [-0.05, 0) is 36.4 Å². The summed E-state index contributed by atoms with van der Waals surface area (Å²) in [6.07, 6.45) is 1.74. The maximum atomic E-state index is 12.4. The summed E-state index contributed by atoms with van der Waals surface area (Å²) < 4.78 is 18.1. The fourth-order valence-electron chi connectivity index (χ4n) is 2.97. The molecule has 10 heteroatoms. The van der Waals surface area contributed by atoms with Gasteiger partial charge in [-0.1, -0.05) is 29.4 Å². The zero-order valence-electron chi connectivity index (χ0n) is 17.9. The van der Waals surface area contributed by atoms with Gasteiger partial charge in [0.1, 0.15) is 0 Å². The van der Waals surface area contributed by atoms with Crippen LogP contribution in [0.4, 0.5) is 5.69 Å². The SMILES string of the molecule is C=CCn1c(SCC(=O)Nc2ccc(Cl)cc2)nnc1-c1cc(OC)c(OC)c(OC)c1. The van der Waals surface area contributed by atoms with Crippen molar-refractivity contribution in [3.63, 3.8) is 0 Å². The van der Waals surface area contributed by atoms with Crippen LogP contribution < -0.4 is 19.5 Å². The van der Waals surface area contributed by atoms with Crippen molar-refractivity contribution in [1.29, 1.82) is 0 Å². The van der Waals surface area contributed by atoms with E-state index in [0.29, 0.717) is 45.5 Å². The van der Waals surface area contributed by atoms with E-state index in [4.69, 9.17) is 25.8 Å². The summed E-state index contributed by atoms with van der Waals surface area (Å²) in [4.78, 5) is 12.4. The van der Waals surface area contributed by atoms with Crippen molar-refractivity contribution in [1.82, 2.24) is 14.8 Å². The number of halogens is 1. The molecule has 1 N–H and O–H groups in total. The highest BCUT2D eigenvalue weighted by Crippen LogP contribution is 2.41. The highest BCUT2D eigenvalue weighted by atomic mass is 35.5. The third kappa shape index (κ3) is 5.35. The first-order valence-corrected chi connectivity index (χ1v) is 10.9. The van der Waals surface area contributed by atoms with Gasteiger partial charge >= 0.3 is 0 Å². The van der Waals surface area contributed by atoms with Gasteiger partial charge in [-0.25, -0.2) is 0 Å². The van der Waals surface area contributed by atoms with Crippen molar-refractivity contribution in [3.05, 3.63) is 54.1 Å². The number of hydrogen-bond donors (Lipinski definition) is 1. The fourth-order valence-corrected chi connectivity index (χ4v) is 3.85. The largest absolute Gasteiger partial charge is 0.493 e. The number of nitrogens with zero attached hydrogens (tertiary/aromatic N) is 3. The Kier molecular flexibility index (Phi) is 8.02. The van der Waals surface area contributed by atoms with E-state index in [1.54, 1.807) is 63.8 Å². The fraction of sp³-hybridized carbons (Fsp3) is 0.227. The normalized spacial score (nSPS) is 10.5. The van der Waals surface area contributed by atoms with Crippen LogP contribution in [0.1, 0.15) is 0 Å². The number of hydrogen-bond acceptors (Lipinski definition) is 7. The number of anilines is 1. The van der Waals surface area contributed by atoms with E-state index in [1.165, 1.54) is 11.8 Å². The van der Waals surface area contributed by atoms with Crippen LogP contribution in [0.2, 0.25) is 5.02 Å². The Hall–Kier alpha value is -3.17. The van der Waals surface area contributed by atoms with Gasteiger partial charge in [0.25, 0.3) is 0 Å². The predicted octanol–water partition coefficient (Wildman–Crippen LogP) is 4.54. The second-order valence-corrected chi connectivity index (χ2v) is 7.84. The molecular weight excluding hydrogens is 452 g/mol. The van der Waals surface area contributed by atoms with Crippen molar-refractivity contribution in [3.8, 4) is 28.6 Å². The number of amides is 1. The molecule has 8 nitrogen and oxygen atoms in total. The van der Waals surface area contributed by atoms with E-state index < -0.39 is 0 Å². The number of thioether (sulfide) groups is 1. The van der Waals surface area contributed by atoms with Gasteiger partial charge in [-0.2, -0.15) is 0 Å². The summed E-state index contributed by atoms with van der Waals surface area (Å²) in [5.41, 5.74) is 1.40. The van der Waals surface area contributed by atoms with Gasteiger partial charge in [-0.15, -0.1) is 16.8 Å². The van der Waals surface area contributed by atoms with Crippen molar-refractivity contribution in [2.75, 3.05) is 32.4 Å². The Balaban J connectivity index is 1.83. The number of allylic oxidation sites excluding steroid dienone is 1. The quantitative estimate of drug-likeness (QED) is 0.341. The smallest absolute Gasteiger partial charge is 0.234 e. The maximum absolute atomic E-state index is 12.4. The molecule has 0 aliphatic rings. The summed E-state index contributed by atoms with van der Waals surface area (Å²) in [6, 6.07) is 10.5. The maximum Gasteiger partial charge on any atom is 0.234 e. The second-order valence-electron chi connectivity index (χ2n) is 6.46. The molecule has 3 aromatic rings. The molecule has 0 spiro atoms. The molecule has 0 saturated carbocycles. The molecule has 0 bridgehead atoms. The molecule has 32 heavy (non-hydrogen) atoms. The van der Waals surface area contributed by atoms with Crippen LogP contribution in [-0.2, 0) is 11.3 Å². The lowest BCUT2D eigenvalue weighted by Crippen LogP contribution is -2.14. The lowest BCUT2D eigenvalue weighted by Gasteiger charge is -2.14. The van der Waals surface area contributed by atoms with E-state index in [9.17, 15) is 4.79 Å². The molecule has 0 aliphatic carbocycles. The van der Waals surface area contributed by atoms with E-state index in [0.717, 1.165) is 5.56 Å². The highest BCUT2D eigenvalue weighted by molar-refractivity contribution is 7.99. The monoisotopic (exact) mass is 474 g/mol. The molecule has 1 amide bonds. The highest BCUT2D eigenvalue weighted by Gasteiger charge is 2.20. The first-order chi connectivity index (χ1) is 15.5. The lowest BCUT2D eigenvalue weighted by atomic mass is 10.1. The third-order valence-corrected chi connectivity index (χ3v) is 5.63. The number of benzene rings is 2. The van der Waals surface area contributed by atoms with Crippen LogP contribution in [0.3, 0.4) is 0 Å². The number of ether oxygens (including phenoxy) is 3. The first-order valence-electron chi connectivity index (χ1n) is 9.53. The zero-order chi connectivity index (χ0) is 23.1. The molecule has 0 fully saturated rings. The Morgan fingerprint density at radius 2 is 1.78 bits per heavy atom. The Morgan fingerprint density at radius 1 is 1.12 bits per heavy atom. The van der Waals surface area contributed by atoms with Crippen LogP contribution in [0.15, 0.2) is 54.2 Å². The molecule has 1 aromatic heterocycles. The van der Waals surface area contributed by atoms with E-state index >= 15 is 0 Å². The van der Waals surface area contributed by atoms with Crippen LogP contribution >= 0.6 is 23.4 Å². The molecule has 0 aliphatic heterocycles. The van der Waals surface area contributed by atoms with Crippen molar-refractivity contribution in [2.45, 2.75) is 11.7 Å². The number of rotatable bonds is 10. The summed E-state index contributed by atoms with van der Waals surface area (Å²) in [5.74, 6) is 2.08. The van der Waals surface area contributed by atoms with Crippen LogP contribution in [0.25, 0.3) is 11.4 Å². The lowest BCUT2D eigenvalue weighted by molar-refractivity contribution is -0.113. The minimum absolute atomic E-state index is 0.160. The zero-order valence-corrected chi connectivity index (χ0v) is 19.5. The predicted molar refractivity (Wildman–Crippen MR) is 126 cm³/mol. The van der Waals surface area contributed by atoms with Gasteiger partial charge in [0.15, 0.2) is 22.5 Å². The molecule has 0 unspecified atom stereocenters. The van der Waals surface area contributed by atoms with Gasteiger partial charge in [0.2, 0.25) is 11.7 Å². The van der Waals surface area contributed by atoms with Crippen LogP contribution in [0, 0.1) is 0 Å². The average Bonchev–Trinajstić information content (AvgIpc) is 3.21. The Bertz CT molecular complexity index is 1080. The molecule has 2 aromatic carbocycles. The molecule has 0 saturated heterocycles. The standard InChI is InChI=1S/C22H23ClN4O4S/c1-5-10-27-21(14-11-17(29-2)20(31-4)18(12-14)30-3)25-26-22(27)32-13-19(28)24-16-8-6-15(23)7-9-16/h5-9,11-12H,1,10,13H2,2-4H3,(H,24,28). The topological polar surface area (TPSA) is 87.5 Å². The summed E-state index contributed by atoms with van der Waals surface area (Å²) in [6.45, 7) is 4.28. The van der Waals surface area contributed by atoms with Gasteiger partial charge in [0, 0.05) is 22.8 Å². The van der Waals surface area contributed by atoms with Crippen molar-refractivity contribution < 1.29 is 19.0 Å². The molecule has 3 rings (SSSR count). The third-order valence-electron chi connectivity index (χ3n) is 4.41. The average molecular weight is 475 g/mol. The molecule has 0 atom stereocenters. The molecular formula is C22H23ClN4O4S. The number of methoxy groups -OCH3 is 3.